The second-order valence-corrected chi connectivity index (χ2v) is 4.44. The van der Waals surface area contributed by atoms with Gasteiger partial charge in [0.15, 0.2) is 0 Å². The fourth-order valence-corrected chi connectivity index (χ4v) is 2.02. The molecule has 1 N–H and O–H groups in total. The predicted octanol–water partition coefficient (Wildman–Crippen LogP) is 0.204. The first-order chi connectivity index (χ1) is 7.15. The van der Waals surface area contributed by atoms with Crippen LogP contribution in [0.3, 0.4) is 0 Å². The van der Waals surface area contributed by atoms with Crippen LogP contribution < -0.4 is 5.32 Å². The number of carbonyl (C=O) groups excluding carboxylic acids is 1. The molecule has 2 aliphatic heterocycles. The molecule has 2 saturated heterocycles. The van der Waals surface area contributed by atoms with Crippen LogP contribution in [0.4, 0.5) is 4.79 Å². The molecular formula is C10H18N2O3. The van der Waals surface area contributed by atoms with Crippen LogP contribution in [-0.2, 0) is 9.47 Å². The summed E-state index contributed by atoms with van der Waals surface area (Å²) in [4.78, 5) is 13.4. The minimum Gasteiger partial charge on any atom is -0.447 e. The Hall–Kier alpha value is -0.810. The smallest absolute Gasteiger partial charge is 0.410 e. The number of hydrogen-bond donors (Lipinski definition) is 1. The highest BCUT2D eigenvalue weighted by molar-refractivity contribution is 5.68. The Labute approximate surface area is 89.7 Å². The van der Waals surface area contributed by atoms with E-state index in [0.29, 0.717) is 26.3 Å². The third-order valence-electron chi connectivity index (χ3n) is 2.59. The van der Waals surface area contributed by atoms with Crippen LogP contribution in [0, 0.1) is 0 Å². The Morgan fingerprint density at radius 3 is 2.53 bits per heavy atom. The lowest BCUT2D eigenvalue weighted by atomic mass is 10.1. The highest BCUT2D eigenvalue weighted by Crippen LogP contribution is 2.12. The maximum Gasteiger partial charge on any atom is 0.410 e. The number of piperazine rings is 1. The number of rotatable bonds is 1. The van der Waals surface area contributed by atoms with E-state index in [9.17, 15) is 4.79 Å². The van der Waals surface area contributed by atoms with Gasteiger partial charge in [0.1, 0.15) is 0 Å². The topological polar surface area (TPSA) is 50.8 Å². The van der Waals surface area contributed by atoms with E-state index in [-0.39, 0.29) is 24.3 Å². The van der Waals surface area contributed by atoms with E-state index in [0.717, 1.165) is 0 Å². The minimum atomic E-state index is -0.205. The van der Waals surface area contributed by atoms with Gasteiger partial charge in [-0.1, -0.05) is 0 Å². The number of ether oxygens (including phenoxy) is 2. The van der Waals surface area contributed by atoms with Crippen molar-refractivity contribution in [2.45, 2.75) is 32.0 Å². The number of morpholine rings is 1. The van der Waals surface area contributed by atoms with Crippen LogP contribution in [0.15, 0.2) is 0 Å². The lowest BCUT2D eigenvalue weighted by Crippen LogP contribution is -2.63. The molecule has 5 heteroatoms. The molecule has 86 valence electrons. The first-order valence-corrected chi connectivity index (χ1v) is 5.44. The molecule has 2 heterocycles. The van der Waals surface area contributed by atoms with Crippen molar-refractivity contribution >= 4 is 6.09 Å². The summed E-state index contributed by atoms with van der Waals surface area (Å²) in [6, 6.07) is 0.523. The van der Waals surface area contributed by atoms with Gasteiger partial charge >= 0.3 is 6.09 Å². The van der Waals surface area contributed by atoms with Crippen LogP contribution in [0.2, 0.25) is 0 Å². The van der Waals surface area contributed by atoms with Crippen molar-refractivity contribution in [2.75, 3.05) is 26.3 Å². The standard InChI is InChI=1S/C10H18N2O3/c1-7(2)15-10(13)12-3-8-5-14-6-9(4-12)11-8/h7-9,11H,3-6H2,1-2H3. The zero-order chi connectivity index (χ0) is 10.8. The Morgan fingerprint density at radius 1 is 1.40 bits per heavy atom. The maximum absolute atomic E-state index is 11.7. The summed E-state index contributed by atoms with van der Waals surface area (Å²) < 4.78 is 10.6. The second-order valence-electron chi connectivity index (χ2n) is 4.44. The molecular weight excluding hydrogens is 196 g/mol. The average molecular weight is 214 g/mol. The van der Waals surface area contributed by atoms with Crippen LogP contribution in [0.5, 0.6) is 0 Å². The van der Waals surface area contributed by atoms with Crippen LogP contribution in [0.25, 0.3) is 0 Å². The zero-order valence-corrected chi connectivity index (χ0v) is 9.23. The Balaban J connectivity index is 1.90. The number of nitrogens with one attached hydrogen (secondary N) is 1. The van der Waals surface area contributed by atoms with Crippen molar-refractivity contribution in [2.24, 2.45) is 0 Å². The summed E-state index contributed by atoms with van der Waals surface area (Å²) in [7, 11) is 0. The Bertz CT molecular complexity index is 233. The van der Waals surface area contributed by atoms with Gasteiger partial charge in [0.05, 0.1) is 19.3 Å². The van der Waals surface area contributed by atoms with Crippen molar-refractivity contribution in [1.82, 2.24) is 10.2 Å². The molecule has 2 rings (SSSR count). The molecule has 0 aromatic carbocycles. The Morgan fingerprint density at radius 2 is 2.00 bits per heavy atom. The predicted molar refractivity (Wildman–Crippen MR) is 54.7 cm³/mol. The quantitative estimate of drug-likeness (QED) is 0.677. The average Bonchev–Trinajstić information content (AvgIpc) is 2.16. The first kappa shape index (κ1) is 10.7. The first-order valence-electron chi connectivity index (χ1n) is 5.44. The fraction of sp³-hybridized carbons (Fsp3) is 0.900. The molecule has 0 saturated carbocycles. The van der Waals surface area contributed by atoms with Gasteiger partial charge in [0.25, 0.3) is 0 Å². The largest absolute Gasteiger partial charge is 0.447 e. The summed E-state index contributed by atoms with van der Waals surface area (Å²) in [5.74, 6) is 0. The molecule has 1 amide bonds. The molecule has 5 nitrogen and oxygen atoms in total. The van der Waals surface area contributed by atoms with Crippen molar-refractivity contribution in [3.05, 3.63) is 0 Å². The van der Waals surface area contributed by atoms with Crippen molar-refractivity contribution < 1.29 is 14.3 Å². The highest BCUT2D eigenvalue weighted by Gasteiger charge is 2.33. The third kappa shape index (κ3) is 2.60. The van der Waals surface area contributed by atoms with E-state index in [1.54, 1.807) is 4.90 Å². The van der Waals surface area contributed by atoms with Gasteiger partial charge in [-0.15, -0.1) is 0 Å². The van der Waals surface area contributed by atoms with Crippen LogP contribution in [0.1, 0.15) is 13.8 Å². The molecule has 2 unspecified atom stereocenters. The van der Waals surface area contributed by atoms with E-state index in [1.165, 1.54) is 0 Å². The molecule has 0 aromatic rings. The summed E-state index contributed by atoms with van der Waals surface area (Å²) in [5.41, 5.74) is 0. The maximum atomic E-state index is 11.7. The number of fused-ring (bicyclic) bond motifs is 2. The fourth-order valence-electron chi connectivity index (χ4n) is 2.02. The van der Waals surface area contributed by atoms with Gasteiger partial charge in [-0.2, -0.15) is 0 Å². The number of carbonyl (C=O) groups is 1. The van der Waals surface area contributed by atoms with Gasteiger partial charge in [-0.05, 0) is 13.8 Å². The van der Waals surface area contributed by atoms with Gasteiger partial charge in [0, 0.05) is 25.2 Å². The van der Waals surface area contributed by atoms with Gasteiger partial charge in [0.2, 0.25) is 0 Å². The lowest BCUT2D eigenvalue weighted by molar-refractivity contribution is -0.0113. The van der Waals surface area contributed by atoms with Crippen LogP contribution in [-0.4, -0.2) is 55.5 Å². The number of nitrogens with zero attached hydrogens (tertiary/aromatic N) is 1. The molecule has 2 aliphatic rings. The highest BCUT2D eigenvalue weighted by atomic mass is 16.6. The normalized spacial score (nSPS) is 30.5. The summed E-state index contributed by atoms with van der Waals surface area (Å²) in [5, 5.41) is 3.42. The van der Waals surface area contributed by atoms with E-state index < -0.39 is 0 Å². The number of amides is 1. The SMILES string of the molecule is CC(C)OC(=O)N1CC2COCC(C1)N2. The molecule has 15 heavy (non-hydrogen) atoms. The van der Waals surface area contributed by atoms with E-state index in [2.05, 4.69) is 5.32 Å². The summed E-state index contributed by atoms with van der Waals surface area (Å²) in [6.45, 7) is 6.46. The molecule has 2 bridgehead atoms. The molecule has 2 atom stereocenters. The van der Waals surface area contributed by atoms with Crippen molar-refractivity contribution in [3.8, 4) is 0 Å². The zero-order valence-electron chi connectivity index (χ0n) is 9.23. The lowest BCUT2D eigenvalue weighted by Gasteiger charge is -2.41. The molecule has 2 fully saturated rings. The van der Waals surface area contributed by atoms with Gasteiger partial charge < -0.3 is 19.7 Å². The van der Waals surface area contributed by atoms with Crippen molar-refractivity contribution in [3.63, 3.8) is 0 Å². The summed E-state index contributed by atoms with van der Waals surface area (Å²) >= 11 is 0. The molecule has 0 radical (unpaired) electrons. The monoisotopic (exact) mass is 214 g/mol. The minimum absolute atomic E-state index is 0.0523. The van der Waals surface area contributed by atoms with Crippen molar-refractivity contribution in [1.29, 1.82) is 0 Å². The Kier molecular flexibility index (Phi) is 3.11. The molecule has 0 aromatic heterocycles. The summed E-state index contributed by atoms with van der Waals surface area (Å²) in [6.07, 6.45) is -0.258. The van der Waals surface area contributed by atoms with E-state index >= 15 is 0 Å². The second kappa shape index (κ2) is 4.37. The third-order valence-corrected chi connectivity index (χ3v) is 2.59. The molecule has 0 aliphatic carbocycles. The molecule has 0 spiro atoms. The van der Waals surface area contributed by atoms with E-state index in [4.69, 9.17) is 9.47 Å². The van der Waals surface area contributed by atoms with Gasteiger partial charge in [-0.3, -0.25) is 0 Å². The van der Waals surface area contributed by atoms with Crippen LogP contribution >= 0.6 is 0 Å². The van der Waals surface area contributed by atoms with E-state index in [1.807, 2.05) is 13.8 Å². The van der Waals surface area contributed by atoms with Gasteiger partial charge in [-0.25, -0.2) is 4.79 Å². The number of hydrogen-bond acceptors (Lipinski definition) is 4.